The van der Waals surface area contributed by atoms with Gasteiger partial charge in [-0.1, -0.05) is 36.4 Å². The van der Waals surface area contributed by atoms with Gasteiger partial charge in [-0.25, -0.2) is 0 Å². The number of hydrogen-bond acceptors (Lipinski definition) is 3. The normalized spacial score (nSPS) is 11.9. The smallest absolute Gasteiger partial charge is 0.287 e. The molecule has 0 spiro atoms. The number of carbonyl (C=O) groups is 1. The number of aryl methyl sites for hydroxylation is 1. The van der Waals surface area contributed by atoms with Crippen LogP contribution in [0.1, 0.15) is 33.6 Å². The molecule has 1 unspecified atom stereocenters. The van der Waals surface area contributed by atoms with Crippen LogP contribution in [-0.4, -0.2) is 10.9 Å². The summed E-state index contributed by atoms with van der Waals surface area (Å²) in [5, 5.41) is 2.98. The van der Waals surface area contributed by atoms with Crippen LogP contribution in [0.3, 0.4) is 0 Å². The van der Waals surface area contributed by atoms with Gasteiger partial charge < -0.3 is 9.73 Å². The minimum Gasteiger partial charge on any atom is -0.456 e. The van der Waals surface area contributed by atoms with Gasteiger partial charge >= 0.3 is 0 Å². The van der Waals surface area contributed by atoms with Gasteiger partial charge in [-0.05, 0) is 36.8 Å². The van der Waals surface area contributed by atoms with Crippen molar-refractivity contribution in [3.8, 4) is 0 Å². The summed E-state index contributed by atoms with van der Waals surface area (Å²) in [4.78, 5) is 16.7. The highest BCUT2D eigenvalue weighted by Crippen LogP contribution is 2.20. The molecule has 2 aromatic heterocycles. The summed E-state index contributed by atoms with van der Waals surface area (Å²) in [6, 6.07) is 18.5. The van der Waals surface area contributed by atoms with E-state index in [0.717, 1.165) is 11.3 Å². The van der Waals surface area contributed by atoms with E-state index in [-0.39, 0.29) is 11.9 Å². The van der Waals surface area contributed by atoms with E-state index in [4.69, 9.17) is 4.42 Å². The Bertz CT molecular complexity index is 712. The van der Waals surface area contributed by atoms with Gasteiger partial charge in [-0.15, -0.1) is 0 Å². The van der Waals surface area contributed by atoms with Crippen LogP contribution < -0.4 is 5.32 Å². The first-order valence-electron chi connectivity index (χ1n) is 7.07. The molecule has 0 aliphatic heterocycles. The zero-order valence-electron chi connectivity index (χ0n) is 12.2. The highest BCUT2D eigenvalue weighted by atomic mass is 16.3. The fraction of sp³-hybridized carbons (Fsp3) is 0.111. The molecule has 0 fully saturated rings. The van der Waals surface area contributed by atoms with Crippen LogP contribution in [0.25, 0.3) is 0 Å². The molecule has 22 heavy (non-hydrogen) atoms. The number of amides is 1. The number of carbonyl (C=O) groups excluding carboxylic acids is 1. The average molecular weight is 292 g/mol. The van der Waals surface area contributed by atoms with Crippen molar-refractivity contribution in [3.05, 3.63) is 89.6 Å². The van der Waals surface area contributed by atoms with Gasteiger partial charge in [0.15, 0.2) is 5.76 Å². The van der Waals surface area contributed by atoms with Crippen molar-refractivity contribution in [2.75, 3.05) is 0 Å². The molecular weight excluding hydrogens is 276 g/mol. The third-order valence-corrected chi connectivity index (χ3v) is 3.36. The molecule has 0 bridgehead atoms. The molecule has 0 aliphatic carbocycles. The molecule has 3 aromatic rings. The Morgan fingerprint density at radius 3 is 2.45 bits per heavy atom. The summed E-state index contributed by atoms with van der Waals surface area (Å²) in [6.07, 6.45) is 1.72. The lowest BCUT2D eigenvalue weighted by atomic mass is 10.0. The fourth-order valence-corrected chi connectivity index (χ4v) is 2.28. The number of pyridine rings is 1. The van der Waals surface area contributed by atoms with Crippen LogP contribution in [0.4, 0.5) is 0 Å². The van der Waals surface area contributed by atoms with E-state index in [9.17, 15) is 4.79 Å². The van der Waals surface area contributed by atoms with Crippen LogP contribution in [-0.2, 0) is 0 Å². The monoisotopic (exact) mass is 292 g/mol. The van der Waals surface area contributed by atoms with Crippen molar-refractivity contribution in [2.45, 2.75) is 13.0 Å². The number of benzene rings is 1. The van der Waals surface area contributed by atoms with E-state index in [2.05, 4.69) is 10.3 Å². The van der Waals surface area contributed by atoms with E-state index < -0.39 is 0 Å². The van der Waals surface area contributed by atoms with Crippen LogP contribution in [0.5, 0.6) is 0 Å². The molecule has 110 valence electrons. The molecule has 0 saturated heterocycles. The standard InChI is InChI=1S/C18H16N2O2/c1-13-10-11-16(22-13)18(21)20-17(14-7-3-2-4-8-14)15-9-5-6-12-19-15/h2-12,17H,1H3,(H,20,21). The molecule has 1 aromatic carbocycles. The number of furan rings is 1. The second kappa shape index (κ2) is 6.26. The van der Waals surface area contributed by atoms with Gasteiger partial charge in [0.2, 0.25) is 0 Å². The summed E-state index contributed by atoms with van der Waals surface area (Å²) in [6.45, 7) is 1.81. The van der Waals surface area contributed by atoms with Crippen molar-refractivity contribution in [1.82, 2.24) is 10.3 Å². The Morgan fingerprint density at radius 2 is 1.82 bits per heavy atom. The minimum atomic E-state index is -0.319. The van der Waals surface area contributed by atoms with Crippen molar-refractivity contribution in [1.29, 1.82) is 0 Å². The molecular formula is C18H16N2O2. The second-order valence-electron chi connectivity index (χ2n) is 4.98. The third-order valence-electron chi connectivity index (χ3n) is 3.36. The summed E-state index contributed by atoms with van der Waals surface area (Å²) >= 11 is 0. The zero-order valence-corrected chi connectivity index (χ0v) is 12.2. The first-order valence-corrected chi connectivity index (χ1v) is 7.07. The molecule has 3 rings (SSSR count). The molecule has 1 N–H and O–H groups in total. The van der Waals surface area contributed by atoms with Gasteiger partial charge in [-0.2, -0.15) is 0 Å². The van der Waals surface area contributed by atoms with Crippen LogP contribution in [0.2, 0.25) is 0 Å². The highest BCUT2D eigenvalue weighted by molar-refractivity contribution is 5.92. The minimum absolute atomic E-state index is 0.257. The third kappa shape index (κ3) is 3.06. The Kier molecular flexibility index (Phi) is 4.01. The molecule has 0 radical (unpaired) electrons. The average Bonchev–Trinajstić information content (AvgIpc) is 3.01. The molecule has 2 heterocycles. The fourth-order valence-electron chi connectivity index (χ4n) is 2.28. The second-order valence-corrected chi connectivity index (χ2v) is 4.98. The van der Waals surface area contributed by atoms with Gasteiger partial charge in [0, 0.05) is 6.20 Å². The molecule has 0 saturated carbocycles. The van der Waals surface area contributed by atoms with E-state index in [1.807, 2.05) is 55.5 Å². The number of rotatable bonds is 4. The van der Waals surface area contributed by atoms with Crippen LogP contribution in [0, 0.1) is 6.92 Å². The quantitative estimate of drug-likeness (QED) is 0.800. The van der Waals surface area contributed by atoms with Crippen LogP contribution in [0.15, 0.2) is 71.3 Å². The summed E-state index contributed by atoms with van der Waals surface area (Å²) < 4.78 is 5.39. The van der Waals surface area contributed by atoms with E-state index in [1.165, 1.54) is 0 Å². The summed E-state index contributed by atoms with van der Waals surface area (Å²) in [7, 11) is 0. The van der Waals surface area contributed by atoms with Crippen molar-refractivity contribution in [2.24, 2.45) is 0 Å². The van der Waals surface area contributed by atoms with E-state index in [1.54, 1.807) is 18.3 Å². The maximum absolute atomic E-state index is 12.4. The van der Waals surface area contributed by atoms with Gasteiger partial charge in [0.05, 0.1) is 11.7 Å². The first kappa shape index (κ1) is 14.1. The molecule has 4 heteroatoms. The Morgan fingerprint density at radius 1 is 1.05 bits per heavy atom. The topological polar surface area (TPSA) is 55.1 Å². The predicted octanol–water partition coefficient (Wildman–Crippen LogP) is 3.50. The maximum atomic E-state index is 12.4. The Hall–Kier alpha value is -2.88. The van der Waals surface area contributed by atoms with Crippen molar-refractivity contribution < 1.29 is 9.21 Å². The van der Waals surface area contributed by atoms with Gasteiger partial charge in [-0.3, -0.25) is 9.78 Å². The van der Waals surface area contributed by atoms with Crippen molar-refractivity contribution >= 4 is 5.91 Å². The number of hydrogen-bond donors (Lipinski definition) is 1. The summed E-state index contributed by atoms with van der Waals surface area (Å²) in [5.41, 5.74) is 1.75. The predicted molar refractivity (Wildman–Crippen MR) is 83.4 cm³/mol. The lowest BCUT2D eigenvalue weighted by Crippen LogP contribution is -2.29. The summed E-state index contributed by atoms with van der Waals surface area (Å²) in [5.74, 6) is 0.751. The van der Waals surface area contributed by atoms with Crippen molar-refractivity contribution in [3.63, 3.8) is 0 Å². The zero-order chi connectivity index (χ0) is 15.4. The van der Waals surface area contributed by atoms with Crippen LogP contribution >= 0.6 is 0 Å². The SMILES string of the molecule is Cc1ccc(C(=O)NC(c2ccccc2)c2ccccn2)o1. The van der Waals surface area contributed by atoms with E-state index >= 15 is 0 Å². The van der Waals surface area contributed by atoms with E-state index in [0.29, 0.717) is 11.5 Å². The van der Waals surface area contributed by atoms with Gasteiger partial charge in [0.25, 0.3) is 5.91 Å². The highest BCUT2D eigenvalue weighted by Gasteiger charge is 2.20. The number of nitrogens with zero attached hydrogens (tertiary/aromatic N) is 1. The lowest BCUT2D eigenvalue weighted by molar-refractivity contribution is 0.0913. The largest absolute Gasteiger partial charge is 0.456 e. The maximum Gasteiger partial charge on any atom is 0.287 e. The molecule has 0 aliphatic rings. The Labute approximate surface area is 128 Å². The molecule has 1 atom stereocenters. The molecule has 1 amide bonds. The lowest BCUT2D eigenvalue weighted by Gasteiger charge is -2.18. The first-order chi connectivity index (χ1) is 10.7. The number of nitrogens with one attached hydrogen (secondary N) is 1. The molecule has 4 nitrogen and oxygen atoms in total. The Balaban J connectivity index is 1.91. The number of aromatic nitrogens is 1. The van der Waals surface area contributed by atoms with Gasteiger partial charge in [0.1, 0.15) is 5.76 Å².